The van der Waals surface area contributed by atoms with Crippen LogP contribution in [-0.4, -0.2) is 4.92 Å². The summed E-state index contributed by atoms with van der Waals surface area (Å²) in [6.45, 7) is 0. The molecule has 2 N–H and O–H groups in total. The minimum absolute atomic E-state index is 0.0219. The summed E-state index contributed by atoms with van der Waals surface area (Å²) in [5, 5.41) is 11.8. The molecule has 130 valence electrons. The Morgan fingerprint density at radius 1 is 0.769 bits per heavy atom. The molecule has 2 aromatic heterocycles. The number of hydrogen-bond acceptors (Lipinski definition) is 7. The topological polar surface area (TPSA) is 130 Å². The van der Waals surface area contributed by atoms with E-state index < -0.39 is 10.5 Å². The lowest BCUT2D eigenvalue weighted by Crippen LogP contribution is -1.94. The summed E-state index contributed by atoms with van der Waals surface area (Å²) in [4.78, 5) is 31.5. The number of nitro groups is 1. The summed E-state index contributed by atoms with van der Waals surface area (Å²) in [5.74, 6) is 0. The van der Waals surface area contributed by atoms with Crippen molar-refractivity contribution < 1.29 is 13.8 Å². The Labute approximate surface area is 145 Å². The van der Waals surface area contributed by atoms with Crippen LogP contribution in [0.1, 0.15) is 0 Å². The normalized spacial score (nSPS) is 10.3. The molecular formula is C18H12N2O6. The highest BCUT2D eigenvalue weighted by molar-refractivity contribution is 5.80. The number of non-ortho nitro benzene ring substituents is 1. The highest BCUT2D eigenvalue weighted by atomic mass is 16.6. The average molecular weight is 352 g/mol. The van der Waals surface area contributed by atoms with Crippen LogP contribution >= 0.6 is 0 Å². The molecule has 0 radical (unpaired) electrons. The molecule has 8 heteroatoms. The summed E-state index contributed by atoms with van der Waals surface area (Å²) in [7, 11) is 0. The summed E-state index contributed by atoms with van der Waals surface area (Å²) in [5.41, 5.74) is 6.29. The number of nitrogens with two attached hydrogens (primary N) is 1. The second kappa shape index (κ2) is 6.89. The Balaban J connectivity index is 0.000000152. The zero-order chi connectivity index (χ0) is 18.7. The first-order chi connectivity index (χ1) is 12.4. The summed E-state index contributed by atoms with van der Waals surface area (Å²) in [6.07, 6.45) is 0. The molecule has 4 rings (SSSR count). The monoisotopic (exact) mass is 352 g/mol. The number of nitrogens with zero attached hydrogens (tertiary/aromatic N) is 1. The third kappa shape index (κ3) is 3.75. The molecule has 0 saturated carbocycles. The molecule has 2 heterocycles. The predicted octanol–water partition coefficient (Wildman–Crippen LogP) is 3.08. The largest absolute Gasteiger partial charge is 0.423 e. The first-order valence-corrected chi connectivity index (χ1v) is 7.40. The van der Waals surface area contributed by atoms with Crippen LogP contribution in [0.4, 0.5) is 11.4 Å². The van der Waals surface area contributed by atoms with Crippen LogP contribution in [0.3, 0.4) is 0 Å². The fourth-order valence-corrected chi connectivity index (χ4v) is 2.26. The van der Waals surface area contributed by atoms with Crippen LogP contribution < -0.4 is 17.0 Å². The molecule has 0 aliphatic rings. The van der Waals surface area contributed by atoms with Gasteiger partial charge in [0.1, 0.15) is 11.2 Å². The molecule has 2 aromatic carbocycles. The molecule has 0 fully saturated rings. The summed E-state index contributed by atoms with van der Waals surface area (Å²) < 4.78 is 9.72. The maximum absolute atomic E-state index is 10.8. The van der Waals surface area contributed by atoms with Gasteiger partial charge in [-0.15, -0.1) is 0 Å². The molecule has 0 amide bonds. The molecule has 0 aliphatic carbocycles. The number of nitrogen functional groups attached to an aromatic ring is 1. The zero-order valence-corrected chi connectivity index (χ0v) is 13.2. The van der Waals surface area contributed by atoms with Gasteiger partial charge in [-0.3, -0.25) is 10.1 Å². The van der Waals surface area contributed by atoms with Crippen LogP contribution in [-0.2, 0) is 0 Å². The Morgan fingerprint density at radius 2 is 1.31 bits per heavy atom. The van der Waals surface area contributed by atoms with Gasteiger partial charge in [-0.2, -0.15) is 0 Å². The molecule has 26 heavy (non-hydrogen) atoms. The van der Waals surface area contributed by atoms with Gasteiger partial charge in [-0.1, -0.05) is 0 Å². The summed E-state index contributed by atoms with van der Waals surface area (Å²) >= 11 is 0. The maximum Gasteiger partial charge on any atom is 0.336 e. The first kappa shape index (κ1) is 16.9. The van der Waals surface area contributed by atoms with Crippen molar-refractivity contribution in [1.29, 1.82) is 0 Å². The standard InChI is InChI=1S/C9H5NO4.C9H7NO2/c11-9-4-1-6-5-7(10(12)13)2-3-8(6)14-9;10-7-2-3-8-6(5-7)1-4-9(11)12-8/h1-5H;1-5H,10H2. The van der Waals surface area contributed by atoms with Gasteiger partial charge in [0.25, 0.3) is 5.69 Å². The Morgan fingerprint density at radius 3 is 1.88 bits per heavy atom. The van der Waals surface area contributed by atoms with E-state index in [-0.39, 0.29) is 11.3 Å². The molecule has 0 spiro atoms. The van der Waals surface area contributed by atoms with Gasteiger partial charge in [0.15, 0.2) is 0 Å². The van der Waals surface area contributed by atoms with Gasteiger partial charge in [-0.05, 0) is 36.4 Å². The van der Waals surface area contributed by atoms with E-state index in [1.54, 1.807) is 24.3 Å². The van der Waals surface area contributed by atoms with Gasteiger partial charge in [0.05, 0.1) is 4.92 Å². The quantitative estimate of drug-likeness (QED) is 0.241. The smallest absolute Gasteiger partial charge is 0.336 e. The van der Waals surface area contributed by atoms with E-state index >= 15 is 0 Å². The Bertz CT molecular complexity index is 1230. The number of hydrogen-bond donors (Lipinski definition) is 1. The Hall–Kier alpha value is -3.94. The van der Waals surface area contributed by atoms with E-state index in [2.05, 4.69) is 0 Å². The van der Waals surface area contributed by atoms with Crippen molar-refractivity contribution in [2.45, 2.75) is 0 Å². The van der Waals surface area contributed by atoms with Gasteiger partial charge in [0.2, 0.25) is 0 Å². The lowest BCUT2D eigenvalue weighted by atomic mass is 10.2. The SMILES string of the molecule is Nc1ccc2oc(=O)ccc2c1.O=c1ccc2cc([N+](=O)[O-])ccc2o1. The Kier molecular flexibility index (Phi) is 4.48. The highest BCUT2D eigenvalue weighted by Crippen LogP contribution is 2.19. The second-order valence-electron chi connectivity index (χ2n) is 5.29. The van der Waals surface area contributed by atoms with Crippen molar-refractivity contribution in [3.63, 3.8) is 0 Å². The van der Waals surface area contributed by atoms with Crippen molar-refractivity contribution >= 4 is 33.3 Å². The van der Waals surface area contributed by atoms with Crippen molar-refractivity contribution in [2.75, 3.05) is 5.73 Å². The number of fused-ring (bicyclic) bond motifs is 2. The minimum Gasteiger partial charge on any atom is -0.423 e. The van der Waals surface area contributed by atoms with E-state index in [0.717, 1.165) is 5.39 Å². The molecule has 0 unspecified atom stereocenters. The van der Waals surface area contributed by atoms with Crippen molar-refractivity contribution in [3.05, 3.63) is 91.6 Å². The van der Waals surface area contributed by atoms with E-state index in [4.69, 9.17) is 14.6 Å². The second-order valence-corrected chi connectivity index (χ2v) is 5.29. The van der Waals surface area contributed by atoms with E-state index in [1.165, 1.54) is 36.4 Å². The number of rotatable bonds is 1. The fraction of sp³-hybridized carbons (Fsp3) is 0. The van der Waals surface area contributed by atoms with Crippen molar-refractivity contribution in [2.24, 2.45) is 0 Å². The number of anilines is 1. The summed E-state index contributed by atoms with van der Waals surface area (Å²) in [6, 6.07) is 15.0. The van der Waals surface area contributed by atoms with E-state index in [1.807, 2.05) is 0 Å². The molecular weight excluding hydrogens is 340 g/mol. The van der Waals surface area contributed by atoms with Crippen LogP contribution in [0.5, 0.6) is 0 Å². The molecule has 4 aromatic rings. The van der Waals surface area contributed by atoms with E-state index in [0.29, 0.717) is 22.2 Å². The van der Waals surface area contributed by atoms with Crippen molar-refractivity contribution in [3.8, 4) is 0 Å². The van der Waals surface area contributed by atoms with Crippen LogP contribution in [0.2, 0.25) is 0 Å². The third-order valence-corrected chi connectivity index (χ3v) is 3.46. The molecule has 8 nitrogen and oxygen atoms in total. The van der Waals surface area contributed by atoms with E-state index in [9.17, 15) is 19.7 Å². The minimum atomic E-state index is -0.495. The molecule has 0 aliphatic heterocycles. The third-order valence-electron chi connectivity index (χ3n) is 3.46. The van der Waals surface area contributed by atoms with Crippen molar-refractivity contribution in [1.82, 2.24) is 0 Å². The molecule has 0 saturated heterocycles. The zero-order valence-electron chi connectivity index (χ0n) is 13.2. The van der Waals surface area contributed by atoms with Crippen LogP contribution in [0.15, 0.2) is 79.1 Å². The molecule has 0 atom stereocenters. The van der Waals surface area contributed by atoms with Crippen LogP contribution in [0, 0.1) is 10.1 Å². The maximum atomic E-state index is 10.8. The average Bonchev–Trinajstić information content (AvgIpc) is 2.62. The van der Waals surface area contributed by atoms with Gasteiger partial charge in [0, 0.05) is 40.7 Å². The predicted molar refractivity (Wildman–Crippen MR) is 96.0 cm³/mol. The number of nitro benzene ring substituents is 1. The van der Waals surface area contributed by atoms with Gasteiger partial charge < -0.3 is 14.6 Å². The van der Waals surface area contributed by atoms with Gasteiger partial charge in [-0.25, -0.2) is 9.59 Å². The fourth-order valence-electron chi connectivity index (χ4n) is 2.26. The first-order valence-electron chi connectivity index (χ1n) is 7.40. The number of benzene rings is 2. The van der Waals surface area contributed by atoms with Gasteiger partial charge >= 0.3 is 11.3 Å². The van der Waals surface area contributed by atoms with Crippen LogP contribution in [0.25, 0.3) is 21.9 Å². The lowest BCUT2D eigenvalue weighted by Gasteiger charge is -1.95. The lowest BCUT2D eigenvalue weighted by molar-refractivity contribution is -0.384. The molecule has 0 bridgehead atoms. The highest BCUT2D eigenvalue weighted by Gasteiger charge is 2.06.